The fourth-order valence-corrected chi connectivity index (χ4v) is 3.77. The molecule has 2 heterocycles. The fraction of sp³-hybridized carbons (Fsp3) is 0.0526. The van der Waals surface area contributed by atoms with Gasteiger partial charge in [-0.15, -0.1) is 11.3 Å². The van der Waals surface area contributed by atoms with Gasteiger partial charge in [0.05, 0.1) is 7.11 Å². The lowest BCUT2D eigenvalue weighted by atomic mass is 9.98. The Morgan fingerprint density at radius 1 is 1.08 bits per heavy atom. The highest BCUT2D eigenvalue weighted by atomic mass is 32.1. The van der Waals surface area contributed by atoms with Crippen molar-refractivity contribution in [3.63, 3.8) is 0 Å². The van der Waals surface area contributed by atoms with E-state index in [0.29, 0.717) is 5.69 Å². The van der Waals surface area contributed by atoms with E-state index in [0.717, 1.165) is 27.1 Å². The number of benzene rings is 2. The lowest BCUT2D eigenvalue weighted by Gasteiger charge is -2.06. The first-order valence-electron chi connectivity index (χ1n) is 7.48. The molecule has 4 nitrogen and oxygen atoms in total. The number of H-pyrrole nitrogens is 1. The van der Waals surface area contributed by atoms with Crippen LogP contribution >= 0.6 is 11.3 Å². The van der Waals surface area contributed by atoms with Gasteiger partial charge in [-0.3, -0.25) is 5.10 Å². The van der Waals surface area contributed by atoms with Gasteiger partial charge in [-0.2, -0.15) is 5.10 Å². The monoisotopic (exact) mass is 334 g/mol. The van der Waals surface area contributed by atoms with Gasteiger partial charge in [0.25, 0.3) is 0 Å². The summed E-state index contributed by atoms with van der Waals surface area (Å²) in [4.78, 5) is 12.2. The molecule has 0 spiro atoms. The maximum atomic E-state index is 12.2. The summed E-state index contributed by atoms with van der Waals surface area (Å²) < 4.78 is 6.06. The summed E-state index contributed by atoms with van der Waals surface area (Å²) in [6, 6.07) is 18.0. The summed E-state index contributed by atoms with van der Waals surface area (Å²) in [6.07, 6.45) is 0. The van der Waals surface area contributed by atoms with Crippen molar-refractivity contribution in [3.05, 3.63) is 65.7 Å². The molecule has 118 valence electrons. The van der Waals surface area contributed by atoms with Crippen molar-refractivity contribution in [3.8, 4) is 22.4 Å². The number of thiophene rings is 1. The van der Waals surface area contributed by atoms with Gasteiger partial charge in [0.1, 0.15) is 5.69 Å². The molecule has 0 radical (unpaired) electrons. The predicted molar refractivity (Wildman–Crippen MR) is 96.2 cm³/mol. The van der Waals surface area contributed by atoms with Crippen LogP contribution in [-0.2, 0) is 4.74 Å². The molecule has 2 aromatic heterocycles. The average Bonchev–Trinajstić information content (AvgIpc) is 3.28. The van der Waals surface area contributed by atoms with Gasteiger partial charge in [-0.05, 0) is 22.4 Å². The molecule has 4 rings (SSSR count). The van der Waals surface area contributed by atoms with Crippen LogP contribution in [0.2, 0.25) is 0 Å². The first-order chi connectivity index (χ1) is 11.8. The van der Waals surface area contributed by atoms with Gasteiger partial charge >= 0.3 is 5.97 Å². The largest absolute Gasteiger partial charge is 0.464 e. The Labute approximate surface area is 142 Å². The number of nitrogens with one attached hydrogen (secondary N) is 1. The third-order valence-electron chi connectivity index (χ3n) is 3.95. The molecule has 0 aliphatic rings. The highest BCUT2D eigenvalue weighted by molar-refractivity contribution is 7.17. The molecule has 0 unspecified atom stereocenters. The third kappa shape index (κ3) is 2.30. The number of carbonyl (C=O) groups is 1. The minimum absolute atomic E-state index is 0.368. The highest BCUT2D eigenvalue weighted by Crippen LogP contribution is 2.38. The number of fused-ring (bicyclic) bond motifs is 1. The number of aromatic amines is 1. The lowest BCUT2D eigenvalue weighted by molar-refractivity contribution is 0.0595. The molecule has 5 heteroatoms. The lowest BCUT2D eigenvalue weighted by Crippen LogP contribution is -2.03. The van der Waals surface area contributed by atoms with E-state index < -0.39 is 5.97 Å². The first-order valence-corrected chi connectivity index (χ1v) is 8.36. The summed E-state index contributed by atoms with van der Waals surface area (Å²) in [5.74, 6) is -0.425. The summed E-state index contributed by atoms with van der Waals surface area (Å²) in [6.45, 7) is 0. The standard InChI is InChI=1S/C19H14N2O2S/c1-23-19(22)17-15(12-6-3-2-4-7-12)16(20-21-17)14-9-5-8-13-10-11-24-18(13)14/h2-11H,1H3,(H,20,21). The van der Waals surface area contributed by atoms with E-state index in [-0.39, 0.29) is 0 Å². The summed E-state index contributed by atoms with van der Waals surface area (Å²) in [5, 5.41) is 10.5. The van der Waals surface area contributed by atoms with Crippen molar-refractivity contribution in [1.82, 2.24) is 10.2 Å². The Morgan fingerprint density at radius 2 is 1.92 bits per heavy atom. The zero-order valence-corrected chi connectivity index (χ0v) is 13.8. The molecule has 0 amide bonds. The van der Waals surface area contributed by atoms with Gasteiger partial charge in [0.15, 0.2) is 5.69 Å². The Balaban J connectivity index is 2.02. The molecular formula is C19H14N2O2S. The number of nitrogens with zero attached hydrogens (tertiary/aromatic N) is 1. The summed E-state index contributed by atoms with van der Waals surface area (Å²) in [5.41, 5.74) is 3.83. The van der Waals surface area contributed by atoms with Crippen LogP contribution in [0.3, 0.4) is 0 Å². The minimum atomic E-state index is -0.425. The van der Waals surface area contributed by atoms with Crippen molar-refractivity contribution in [1.29, 1.82) is 0 Å². The van der Waals surface area contributed by atoms with Crippen LogP contribution in [-0.4, -0.2) is 23.3 Å². The molecule has 1 N–H and O–H groups in total. The van der Waals surface area contributed by atoms with Gasteiger partial charge in [-0.25, -0.2) is 4.79 Å². The number of carbonyl (C=O) groups excluding carboxylic acids is 1. The zero-order chi connectivity index (χ0) is 16.5. The van der Waals surface area contributed by atoms with Gasteiger partial charge < -0.3 is 4.74 Å². The molecule has 0 atom stereocenters. The van der Waals surface area contributed by atoms with E-state index in [1.807, 2.05) is 42.5 Å². The fourth-order valence-electron chi connectivity index (χ4n) is 2.85. The second kappa shape index (κ2) is 5.94. The van der Waals surface area contributed by atoms with Crippen LogP contribution < -0.4 is 0 Å². The molecule has 0 fully saturated rings. The molecule has 2 aromatic carbocycles. The Morgan fingerprint density at radius 3 is 2.71 bits per heavy atom. The van der Waals surface area contributed by atoms with Crippen molar-refractivity contribution < 1.29 is 9.53 Å². The van der Waals surface area contributed by atoms with Crippen LogP contribution in [0.4, 0.5) is 0 Å². The number of rotatable bonds is 3. The van der Waals surface area contributed by atoms with Crippen LogP contribution in [0, 0.1) is 0 Å². The van der Waals surface area contributed by atoms with Gasteiger partial charge in [0.2, 0.25) is 0 Å². The van der Waals surface area contributed by atoms with Crippen LogP contribution in [0.15, 0.2) is 60.0 Å². The van der Waals surface area contributed by atoms with E-state index in [1.54, 1.807) is 11.3 Å². The predicted octanol–water partition coefficient (Wildman–Crippen LogP) is 4.75. The summed E-state index contributed by atoms with van der Waals surface area (Å²) in [7, 11) is 1.37. The SMILES string of the molecule is COC(=O)c1[nH]nc(-c2cccc3ccsc23)c1-c1ccccc1. The molecule has 0 aliphatic heterocycles. The number of hydrogen-bond acceptors (Lipinski definition) is 4. The Kier molecular flexibility index (Phi) is 3.63. The molecule has 0 aliphatic carbocycles. The van der Waals surface area contributed by atoms with Crippen molar-refractivity contribution in [2.45, 2.75) is 0 Å². The van der Waals surface area contributed by atoms with E-state index in [4.69, 9.17) is 4.74 Å². The molecule has 0 saturated heterocycles. The van der Waals surface area contributed by atoms with Gasteiger partial charge in [-0.1, -0.05) is 48.5 Å². The summed E-state index contributed by atoms with van der Waals surface area (Å²) >= 11 is 1.67. The number of methoxy groups -OCH3 is 1. The van der Waals surface area contributed by atoms with E-state index >= 15 is 0 Å². The van der Waals surface area contributed by atoms with Crippen LogP contribution in [0.5, 0.6) is 0 Å². The third-order valence-corrected chi connectivity index (χ3v) is 4.92. The number of ether oxygens (including phenoxy) is 1. The maximum Gasteiger partial charge on any atom is 0.356 e. The highest BCUT2D eigenvalue weighted by Gasteiger charge is 2.23. The van der Waals surface area contributed by atoms with Crippen molar-refractivity contribution in [2.75, 3.05) is 7.11 Å². The molecule has 0 saturated carbocycles. The number of hydrogen-bond donors (Lipinski definition) is 1. The first kappa shape index (κ1) is 14.7. The Bertz CT molecular complexity index is 1020. The zero-order valence-electron chi connectivity index (χ0n) is 12.9. The molecule has 4 aromatic rings. The quantitative estimate of drug-likeness (QED) is 0.550. The average molecular weight is 334 g/mol. The smallest absolute Gasteiger partial charge is 0.356 e. The minimum Gasteiger partial charge on any atom is -0.464 e. The van der Waals surface area contributed by atoms with E-state index in [1.165, 1.54) is 12.5 Å². The van der Waals surface area contributed by atoms with Crippen LogP contribution in [0.25, 0.3) is 32.5 Å². The maximum absolute atomic E-state index is 12.2. The molecule has 24 heavy (non-hydrogen) atoms. The van der Waals surface area contributed by atoms with E-state index in [9.17, 15) is 4.79 Å². The van der Waals surface area contributed by atoms with Crippen LogP contribution in [0.1, 0.15) is 10.5 Å². The van der Waals surface area contributed by atoms with Crippen molar-refractivity contribution >= 4 is 27.4 Å². The number of aromatic nitrogens is 2. The number of esters is 1. The second-order valence-corrected chi connectivity index (χ2v) is 6.24. The topological polar surface area (TPSA) is 55.0 Å². The molecular weight excluding hydrogens is 320 g/mol. The second-order valence-electron chi connectivity index (χ2n) is 5.32. The normalized spacial score (nSPS) is 10.9. The Hall–Kier alpha value is -2.92. The van der Waals surface area contributed by atoms with Crippen molar-refractivity contribution in [2.24, 2.45) is 0 Å². The van der Waals surface area contributed by atoms with E-state index in [2.05, 4.69) is 27.7 Å². The van der Waals surface area contributed by atoms with Gasteiger partial charge in [0, 0.05) is 15.8 Å². The molecule has 0 bridgehead atoms.